The predicted octanol–water partition coefficient (Wildman–Crippen LogP) is 3.12. The molecule has 3 rings (SSSR count). The lowest BCUT2D eigenvalue weighted by Crippen LogP contribution is -2.37. The number of ether oxygens (including phenoxy) is 1. The highest BCUT2D eigenvalue weighted by atomic mass is 16.5. The fourth-order valence-electron chi connectivity index (χ4n) is 2.82. The van der Waals surface area contributed by atoms with Gasteiger partial charge in [-0.1, -0.05) is 18.2 Å². The number of aromatic nitrogens is 1. The summed E-state index contributed by atoms with van der Waals surface area (Å²) in [6.45, 7) is 7.12. The van der Waals surface area contributed by atoms with Crippen LogP contribution in [0.2, 0.25) is 0 Å². The molecular formula is C18H20N2O2. The lowest BCUT2D eigenvalue weighted by atomic mass is 10.1. The number of fused-ring (bicyclic) bond motifs is 1. The van der Waals surface area contributed by atoms with Gasteiger partial charge in [-0.2, -0.15) is 0 Å². The molecule has 0 aliphatic carbocycles. The summed E-state index contributed by atoms with van der Waals surface area (Å²) in [6.07, 6.45) is 1.73. The van der Waals surface area contributed by atoms with E-state index in [9.17, 15) is 4.79 Å². The van der Waals surface area contributed by atoms with Crippen molar-refractivity contribution in [2.75, 3.05) is 6.61 Å². The fourth-order valence-corrected chi connectivity index (χ4v) is 2.82. The maximum absolute atomic E-state index is 12.4. The molecule has 0 fully saturated rings. The number of carbonyl (C=O) groups excluding carboxylic acids is 1. The molecule has 0 bridgehead atoms. The Morgan fingerprint density at radius 2 is 1.95 bits per heavy atom. The van der Waals surface area contributed by atoms with E-state index in [1.54, 1.807) is 12.3 Å². The summed E-state index contributed by atoms with van der Waals surface area (Å²) in [5, 5.41) is 0. The number of hydrogen-bond donors (Lipinski definition) is 0. The minimum Gasteiger partial charge on any atom is -0.491 e. The van der Waals surface area contributed by atoms with Crippen LogP contribution in [0.1, 0.15) is 34.1 Å². The minimum atomic E-state index is 0.000654. The van der Waals surface area contributed by atoms with Crippen LogP contribution >= 0.6 is 0 Å². The Morgan fingerprint density at radius 1 is 1.23 bits per heavy atom. The van der Waals surface area contributed by atoms with E-state index in [4.69, 9.17) is 4.74 Å². The van der Waals surface area contributed by atoms with Crippen molar-refractivity contribution in [3.05, 3.63) is 58.9 Å². The molecule has 0 saturated heterocycles. The predicted molar refractivity (Wildman–Crippen MR) is 85.0 cm³/mol. The van der Waals surface area contributed by atoms with E-state index < -0.39 is 0 Å². The standard InChI is InChI=1S/C18H20N2O2/c1-12-6-4-7-13(2)17(12)22-11-14(3)20-10-16-15(18(20)21)8-5-9-19-16/h4-9,14H,10-11H2,1-3H3/t14-/m0/s1. The average Bonchev–Trinajstić information content (AvgIpc) is 2.84. The van der Waals surface area contributed by atoms with Crippen molar-refractivity contribution in [2.24, 2.45) is 0 Å². The molecule has 1 aromatic heterocycles. The highest BCUT2D eigenvalue weighted by Gasteiger charge is 2.31. The van der Waals surface area contributed by atoms with Gasteiger partial charge in [0, 0.05) is 6.20 Å². The van der Waals surface area contributed by atoms with Gasteiger partial charge >= 0.3 is 0 Å². The number of carbonyl (C=O) groups is 1. The van der Waals surface area contributed by atoms with E-state index in [2.05, 4.69) is 4.98 Å². The summed E-state index contributed by atoms with van der Waals surface area (Å²) in [6, 6.07) is 9.73. The van der Waals surface area contributed by atoms with E-state index in [0.29, 0.717) is 18.7 Å². The highest BCUT2D eigenvalue weighted by molar-refractivity contribution is 5.97. The molecule has 2 aromatic rings. The smallest absolute Gasteiger partial charge is 0.256 e. The number of benzene rings is 1. The summed E-state index contributed by atoms with van der Waals surface area (Å²) in [4.78, 5) is 18.5. The van der Waals surface area contributed by atoms with Crippen LogP contribution < -0.4 is 4.74 Å². The van der Waals surface area contributed by atoms with Crippen molar-refractivity contribution in [3.63, 3.8) is 0 Å². The topological polar surface area (TPSA) is 42.4 Å². The third kappa shape index (κ3) is 2.56. The SMILES string of the molecule is Cc1cccc(C)c1OC[C@H](C)N1Cc2ncccc2C1=O. The first-order valence-corrected chi connectivity index (χ1v) is 7.52. The van der Waals surface area contributed by atoms with Gasteiger partial charge in [-0.3, -0.25) is 9.78 Å². The lowest BCUT2D eigenvalue weighted by Gasteiger charge is -2.25. The normalized spacial score (nSPS) is 14.9. The Morgan fingerprint density at radius 3 is 2.64 bits per heavy atom. The quantitative estimate of drug-likeness (QED) is 0.870. The Balaban J connectivity index is 1.69. The molecule has 1 aliphatic heterocycles. The maximum atomic E-state index is 12.4. The molecule has 0 radical (unpaired) electrons. The number of rotatable bonds is 4. The zero-order valence-corrected chi connectivity index (χ0v) is 13.2. The van der Waals surface area contributed by atoms with Gasteiger partial charge in [0.05, 0.1) is 23.8 Å². The summed E-state index contributed by atoms with van der Waals surface area (Å²) in [7, 11) is 0. The summed E-state index contributed by atoms with van der Waals surface area (Å²) in [5.41, 5.74) is 3.79. The number of aryl methyl sites for hydroxylation is 2. The first kappa shape index (κ1) is 14.6. The number of para-hydroxylation sites is 1. The lowest BCUT2D eigenvalue weighted by molar-refractivity contribution is 0.0659. The van der Waals surface area contributed by atoms with Crippen molar-refractivity contribution < 1.29 is 9.53 Å². The second-order valence-corrected chi connectivity index (χ2v) is 5.81. The van der Waals surface area contributed by atoms with Crippen molar-refractivity contribution in [2.45, 2.75) is 33.4 Å². The van der Waals surface area contributed by atoms with Gasteiger partial charge in [0.15, 0.2) is 0 Å². The van der Waals surface area contributed by atoms with Crippen LogP contribution in [-0.2, 0) is 6.54 Å². The van der Waals surface area contributed by atoms with Gasteiger partial charge in [0.25, 0.3) is 5.91 Å². The van der Waals surface area contributed by atoms with Gasteiger partial charge < -0.3 is 9.64 Å². The Bertz CT molecular complexity index is 692. The van der Waals surface area contributed by atoms with Crippen molar-refractivity contribution >= 4 is 5.91 Å². The molecule has 2 heterocycles. The monoisotopic (exact) mass is 296 g/mol. The van der Waals surface area contributed by atoms with Crippen molar-refractivity contribution in [1.29, 1.82) is 0 Å². The van der Waals surface area contributed by atoms with Crippen LogP contribution in [0.25, 0.3) is 0 Å². The molecule has 114 valence electrons. The number of nitrogens with zero attached hydrogens (tertiary/aromatic N) is 2. The number of pyridine rings is 1. The summed E-state index contributed by atoms with van der Waals surface area (Å²) >= 11 is 0. The van der Waals surface area contributed by atoms with Crippen LogP contribution in [0.15, 0.2) is 36.5 Å². The molecule has 22 heavy (non-hydrogen) atoms. The molecule has 0 spiro atoms. The van der Waals surface area contributed by atoms with Crippen molar-refractivity contribution in [1.82, 2.24) is 9.88 Å². The first-order chi connectivity index (χ1) is 10.6. The summed E-state index contributed by atoms with van der Waals surface area (Å²) < 4.78 is 5.97. The van der Waals surface area contributed by atoms with Gasteiger partial charge in [-0.15, -0.1) is 0 Å². The van der Waals surface area contributed by atoms with Crippen LogP contribution in [-0.4, -0.2) is 28.4 Å². The zero-order chi connectivity index (χ0) is 15.7. The van der Waals surface area contributed by atoms with Crippen LogP contribution in [0.3, 0.4) is 0 Å². The zero-order valence-electron chi connectivity index (χ0n) is 13.2. The van der Waals surface area contributed by atoms with E-state index >= 15 is 0 Å². The van der Waals surface area contributed by atoms with Gasteiger partial charge in [-0.25, -0.2) is 0 Å². The second kappa shape index (κ2) is 5.79. The fraction of sp³-hybridized carbons (Fsp3) is 0.333. The number of hydrogen-bond acceptors (Lipinski definition) is 3. The Hall–Kier alpha value is -2.36. The molecule has 0 N–H and O–H groups in total. The van der Waals surface area contributed by atoms with Crippen LogP contribution in [0.4, 0.5) is 0 Å². The molecule has 0 saturated carbocycles. The second-order valence-electron chi connectivity index (χ2n) is 5.81. The molecule has 0 unspecified atom stereocenters. The Kier molecular flexibility index (Phi) is 3.84. The molecule has 4 heteroatoms. The Labute approximate surface area is 130 Å². The molecule has 1 aromatic carbocycles. The molecule has 4 nitrogen and oxygen atoms in total. The summed E-state index contributed by atoms with van der Waals surface area (Å²) in [5.74, 6) is 0.956. The maximum Gasteiger partial charge on any atom is 0.256 e. The first-order valence-electron chi connectivity index (χ1n) is 7.52. The molecule has 1 aliphatic rings. The highest BCUT2D eigenvalue weighted by Crippen LogP contribution is 2.25. The van der Waals surface area contributed by atoms with E-state index in [0.717, 1.165) is 22.6 Å². The van der Waals surface area contributed by atoms with Gasteiger partial charge in [-0.05, 0) is 44.0 Å². The average molecular weight is 296 g/mol. The number of amides is 1. The largest absolute Gasteiger partial charge is 0.491 e. The minimum absolute atomic E-state index is 0.000654. The van der Waals surface area contributed by atoms with Crippen molar-refractivity contribution in [3.8, 4) is 5.75 Å². The van der Waals surface area contributed by atoms with E-state index in [1.807, 2.05) is 49.9 Å². The third-order valence-electron chi connectivity index (χ3n) is 4.11. The molecular weight excluding hydrogens is 276 g/mol. The van der Waals surface area contributed by atoms with Gasteiger partial charge in [0.1, 0.15) is 12.4 Å². The van der Waals surface area contributed by atoms with Crippen LogP contribution in [0.5, 0.6) is 5.75 Å². The van der Waals surface area contributed by atoms with E-state index in [1.165, 1.54) is 0 Å². The molecule has 1 amide bonds. The van der Waals surface area contributed by atoms with E-state index in [-0.39, 0.29) is 11.9 Å². The van der Waals surface area contributed by atoms with Gasteiger partial charge in [0.2, 0.25) is 0 Å². The molecule has 1 atom stereocenters. The third-order valence-corrected chi connectivity index (χ3v) is 4.11. The van der Waals surface area contributed by atoms with Crippen LogP contribution in [0, 0.1) is 13.8 Å².